The normalized spacial score (nSPS) is 27.7. The van der Waals surface area contributed by atoms with Gasteiger partial charge in [0.05, 0.1) is 10.3 Å². The van der Waals surface area contributed by atoms with Gasteiger partial charge in [-0.15, -0.1) is 0 Å². The second-order valence-corrected chi connectivity index (χ2v) is 5.98. The molecule has 1 aliphatic carbocycles. The number of aromatic nitrogens is 1. The summed E-state index contributed by atoms with van der Waals surface area (Å²) in [6, 6.07) is 3.05. The Hall–Kier alpha value is -2.18. The van der Waals surface area contributed by atoms with Gasteiger partial charge in [0.1, 0.15) is 0 Å². The summed E-state index contributed by atoms with van der Waals surface area (Å²) in [5.41, 5.74) is -0.127. The van der Waals surface area contributed by atoms with Gasteiger partial charge in [-0.05, 0) is 31.7 Å². The van der Waals surface area contributed by atoms with Crippen molar-refractivity contribution < 1.29 is 14.8 Å². The summed E-state index contributed by atoms with van der Waals surface area (Å²) >= 11 is 0. The first kappa shape index (κ1) is 13.8. The van der Waals surface area contributed by atoms with Crippen LogP contribution in [-0.4, -0.2) is 34.1 Å². The van der Waals surface area contributed by atoms with Crippen LogP contribution in [0.1, 0.15) is 25.0 Å². The van der Waals surface area contributed by atoms with E-state index >= 15 is 0 Å². The first-order chi connectivity index (χ1) is 9.94. The molecule has 1 saturated carbocycles. The van der Waals surface area contributed by atoms with E-state index in [2.05, 4.69) is 4.98 Å². The number of aliphatic carboxylic acids is 1. The lowest BCUT2D eigenvalue weighted by Crippen LogP contribution is -2.36. The van der Waals surface area contributed by atoms with Gasteiger partial charge in [-0.1, -0.05) is 6.42 Å². The number of rotatable bonds is 3. The fourth-order valence-electron chi connectivity index (χ4n) is 3.71. The van der Waals surface area contributed by atoms with Crippen molar-refractivity contribution in [3.63, 3.8) is 0 Å². The molecule has 0 aromatic carbocycles. The van der Waals surface area contributed by atoms with Gasteiger partial charge >= 0.3 is 11.7 Å². The van der Waals surface area contributed by atoms with Crippen molar-refractivity contribution in [2.75, 3.05) is 18.0 Å². The number of carboxylic acids is 1. The first-order valence-electron chi connectivity index (χ1n) is 7.04. The highest BCUT2D eigenvalue weighted by Crippen LogP contribution is 2.50. The zero-order valence-electron chi connectivity index (χ0n) is 11.8. The second-order valence-electron chi connectivity index (χ2n) is 5.98. The average Bonchev–Trinajstić information content (AvgIpc) is 2.95. The summed E-state index contributed by atoms with van der Waals surface area (Å²) in [6.45, 7) is 2.62. The SMILES string of the molecule is Cc1ccc([N+](=O)[O-])c(N2C[C@@H]3CCC[C@@]3(C(=O)O)C2)n1. The van der Waals surface area contributed by atoms with Gasteiger partial charge in [-0.3, -0.25) is 14.9 Å². The lowest BCUT2D eigenvalue weighted by molar-refractivity contribution is -0.384. The number of nitrogens with zero attached hydrogens (tertiary/aromatic N) is 3. The zero-order chi connectivity index (χ0) is 15.2. The number of anilines is 1. The van der Waals surface area contributed by atoms with E-state index in [4.69, 9.17) is 0 Å². The summed E-state index contributed by atoms with van der Waals surface area (Å²) in [5.74, 6) is -0.435. The Balaban J connectivity index is 1.99. The standard InChI is InChI=1S/C14H17N3O4/c1-9-4-5-11(17(20)21)12(15-9)16-7-10-3-2-6-14(10,8-16)13(18)19/h4-5,10H,2-3,6-8H2,1H3,(H,18,19)/t10-,14+/m0/s1. The Kier molecular flexibility index (Phi) is 3.07. The van der Waals surface area contributed by atoms with Gasteiger partial charge in [-0.25, -0.2) is 4.98 Å². The van der Waals surface area contributed by atoms with Crippen LogP contribution in [0.3, 0.4) is 0 Å². The van der Waals surface area contributed by atoms with Gasteiger partial charge in [-0.2, -0.15) is 0 Å². The molecular formula is C14H17N3O4. The molecule has 1 saturated heterocycles. The number of pyridine rings is 1. The number of hydrogen-bond donors (Lipinski definition) is 1. The third-order valence-corrected chi connectivity index (χ3v) is 4.79. The molecule has 7 heteroatoms. The van der Waals surface area contributed by atoms with Gasteiger partial charge in [0, 0.05) is 24.8 Å². The predicted octanol–water partition coefficient (Wildman–Crippen LogP) is 1.99. The second kappa shape index (κ2) is 4.68. The number of fused-ring (bicyclic) bond motifs is 1. The minimum Gasteiger partial charge on any atom is -0.481 e. The Labute approximate surface area is 121 Å². The van der Waals surface area contributed by atoms with Crippen LogP contribution in [0, 0.1) is 28.4 Å². The maximum absolute atomic E-state index is 11.7. The van der Waals surface area contributed by atoms with E-state index in [1.54, 1.807) is 17.9 Å². The fourth-order valence-corrected chi connectivity index (χ4v) is 3.71. The van der Waals surface area contributed by atoms with Crippen LogP contribution in [0.25, 0.3) is 0 Å². The molecule has 112 valence electrons. The fraction of sp³-hybridized carbons (Fsp3) is 0.571. The van der Waals surface area contributed by atoms with Crippen LogP contribution >= 0.6 is 0 Å². The average molecular weight is 291 g/mol. The lowest BCUT2D eigenvalue weighted by atomic mass is 9.81. The summed E-state index contributed by atoms with van der Waals surface area (Å²) in [7, 11) is 0. The highest BCUT2D eigenvalue weighted by atomic mass is 16.6. The van der Waals surface area contributed by atoms with Crippen molar-refractivity contribution >= 4 is 17.5 Å². The number of aryl methyl sites for hydroxylation is 1. The molecule has 2 atom stereocenters. The van der Waals surface area contributed by atoms with E-state index in [9.17, 15) is 20.0 Å². The van der Waals surface area contributed by atoms with E-state index in [0.29, 0.717) is 31.0 Å². The summed E-state index contributed by atoms with van der Waals surface area (Å²) < 4.78 is 0. The molecule has 2 aliphatic rings. The van der Waals surface area contributed by atoms with Crippen LogP contribution in [0.15, 0.2) is 12.1 Å². The summed E-state index contributed by atoms with van der Waals surface area (Å²) in [4.78, 5) is 28.5. The van der Waals surface area contributed by atoms with Crippen molar-refractivity contribution in [2.45, 2.75) is 26.2 Å². The molecule has 1 N–H and O–H groups in total. The minimum absolute atomic E-state index is 0.0527. The van der Waals surface area contributed by atoms with Crippen molar-refractivity contribution in [2.24, 2.45) is 11.3 Å². The number of carbonyl (C=O) groups is 1. The van der Waals surface area contributed by atoms with Crippen LogP contribution in [0.5, 0.6) is 0 Å². The maximum Gasteiger partial charge on any atom is 0.311 e. The van der Waals surface area contributed by atoms with E-state index in [-0.39, 0.29) is 11.6 Å². The summed E-state index contributed by atoms with van der Waals surface area (Å²) in [5, 5.41) is 20.8. The highest BCUT2D eigenvalue weighted by Gasteiger charge is 2.55. The monoisotopic (exact) mass is 291 g/mol. The summed E-state index contributed by atoms with van der Waals surface area (Å²) in [6.07, 6.45) is 2.42. The van der Waals surface area contributed by atoms with Gasteiger partial charge in [0.25, 0.3) is 0 Å². The smallest absolute Gasteiger partial charge is 0.311 e. The van der Waals surface area contributed by atoms with Crippen molar-refractivity contribution in [1.29, 1.82) is 0 Å². The Morgan fingerprint density at radius 1 is 1.57 bits per heavy atom. The Morgan fingerprint density at radius 2 is 2.33 bits per heavy atom. The molecule has 2 fully saturated rings. The van der Waals surface area contributed by atoms with Crippen molar-refractivity contribution in [3.8, 4) is 0 Å². The molecule has 3 rings (SSSR count). The van der Waals surface area contributed by atoms with Gasteiger partial charge in [0.2, 0.25) is 5.82 Å². The topological polar surface area (TPSA) is 96.6 Å². The molecule has 0 radical (unpaired) electrons. The maximum atomic E-state index is 11.7. The van der Waals surface area contributed by atoms with E-state index in [0.717, 1.165) is 12.8 Å². The van der Waals surface area contributed by atoms with Gasteiger partial charge < -0.3 is 10.0 Å². The Morgan fingerprint density at radius 3 is 2.95 bits per heavy atom. The molecular weight excluding hydrogens is 274 g/mol. The molecule has 2 heterocycles. The third kappa shape index (κ3) is 2.03. The molecule has 0 spiro atoms. The first-order valence-corrected chi connectivity index (χ1v) is 7.04. The number of carboxylic acid groups (broad SMARTS) is 1. The largest absolute Gasteiger partial charge is 0.481 e. The number of nitro groups is 1. The molecule has 0 amide bonds. The van der Waals surface area contributed by atoms with Crippen LogP contribution < -0.4 is 4.90 Å². The lowest BCUT2D eigenvalue weighted by Gasteiger charge is -2.23. The molecule has 0 bridgehead atoms. The van der Waals surface area contributed by atoms with Crippen molar-refractivity contribution in [1.82, 2.24) is 4.98 Å². The molecule has 0 unspecified atom stereocenters. The van der Waals surface area contributed by atoms with E-state index in [1.165, 1.54) is 6.07 Å². The molecule has 1 aromatic heterocycles. The van der Waals surface area contributed by atoms with Crippen LogP contribution in [0.2, 0.25) is 0 Å². The highest BCUT2D eigenvalue weighted by molar-refractivity contribution is 5.78. The van der Waals surface area contributed by atoms with E-state index in [1.807, 2.05) is 0 Å². The predicted molar refractivity (Wildman–Crippen MR) is 75.3 cm³/mol. The number of hydrogen-bond acceptors (Lipinski definition) is 5. The molecule has 1 aromatic rings. The van der Waals surface area contributed by atoms with E-state index < -0.39 is 16.3 Å². The van der Waals surface area contributed by atoms with Crippen LogP contribution in [0.4, 0.5) is 11.5 Å². The molecule has 7 nitrogen and oxygen atoms in total. The van der Waals surface area contributed by atoms with Crippen molar-refractivity contribution in [3.05, 3.63) is 27.9 Å². The quantitative estimate of drug-likeness (QED) is 0.675. The zero-order valence-corrected chi connectivity index (χ0v) is 11.8. The molecule has 21 heavy (non-hydrogen) atoms. The van der Waals surface area contributed by atoms with Crippen LogP contribution in [-0.2, 0) is 4.79 Å². The molecule has 1 aliphatic heterocycles. The minimum atomic E-state index is -0.789. The Bertz CT molecular complexity index is 618. The third-order valence-electron chi connectivity index (χ3n) is 4.79. The van der Waals surface area contributed by atoms with Gasteiger partial charge in [0.15, 0.2) is 0 Å².